The van der Waals surface area contributed by atoms with Gasteiger partial charge in [0.2, 0.25) is 36.0 Å². The SMILES string of the molecule is Cc1cc(Cl)c2c(c1)[C@H](c1cccc(S(=O)(=O)NCCOCCOCCCC(=O)CCCCC(CCCCC(=O)CCCOCCOCCNS(=O)(=O)c3cccc([C@@H]4CN(C)Cc5c(Cl)cc(Cl)cc54)c3)(CCCNC(=O)NCCOCCOCCNS(=O)(=O)c3cccc([C@@H]4CN(C)Cc5c(Cl)cc(Cl)cc54)c3)NC(=O)CCC(=O)O)c1)CN(C)C2. The first-order chi connectivity index (χ1) is 58.9. The molecule has 0 saturated heterocycles. The minimum absolute atomic E-state index is 0.0162. The largest absolute Gasteiger partial charge is 0.481 e. The first kappa shape index (κ1) is 100. The number of hydrogen-bond acceptors (Lipinski definition) is 20. The van der Waals surface area contributed by atoms with Crippen molar-refractivity contribution in [1.82, 2.24) is 44.8 Å². The van der Waals surface area contributed by atoms with E-state index in [0.29, 0.717) is 142 Å². The third kappa shape index (κ3) is 32.7. The maximum Gasteiger partial charge on any atom is 0.314 e. The number of benzene rings is 6. The zero-order valence-corrected chi connectivity index (χ0v) is 76.8. The molecule has 7 N–H and O–H groups in total. The lowest BCUT2D eigenvalue weighted by atomic mass is 9.82. The summed E-state index contributed by atoms with van der Waals surface area (Å²) >= 11 is 32.6. The van der Waals surface area contributed by atoms with Crippen molar-refractivity contribution in [2.75, 3.05) is 153 Å². The number of unbranched alkanes of at least 4 members (excludes halogenated alkanes) is 2. The molecule has 0 fully saturated rings. The molecular formula is C88H118Cl5N9O18S3. The second-order valence-corrected chi connectivity index (χ2v) is 39.2. The first-order valence-corrected chi connectivity index (χ1v) is 48.4. The number of sulfonamides is 3. The van der Waals surface area contributed by atoms with Gasteiger partial charge in [0.25, 0.3) is 0 Å². The van der Waals surface area contributed by atoms with Crippen molar-refractivity contribution in [3.05, 3.63) is 190 Å². The molecule has 3 aliphatic heterocycles. The minimum Gasteiger partial charge on any atom is -0.481 e. The number of aryl methyl sites for hydroxylation is 1. The van der Waals surface area contributed by atoms with E-state index in [2.05, 4.69) is 50.9 Å². The van der Waals surface area contributed by atoms with Crippen LogP contribution in [0, 0.1) is 6.92 Å². The van der Waals surface area contributed by atoms with Gasteiger partial charge in [-0.15, -0.1) is 0 Å². The number of fused-ring (bicyclic) bond motifs is 3. The van der Waals surface area contributed by atoms with Crippen molar-refractivity contribution in [3.8, 4) is 0 Å². The highest BCUT2D eigenvalue weighted by Crippen LogP contribution is 2.42. The molecule has 3 aliphatic rings. The Bertz CT molecular complexity index is 4420. The summed E-state index contributed by atoms with van der Waals surface area (Å²) in [5.41, 5.74) is 8.68. The first-order valence-electron chi connectivity index (χ1n) is 42.0. The van der Waals surface area contributed by atoms with Crippen LogP contribution in [0.5, 0.6) is 0 Å². The number of carboxylic acid groups (broad SMARTS) is 1. The number of likely N-dealkylation sites (N-methyl/N-ethyl adjacent to an activating group) is 3. The Morgan fingerprint density at radius 2 is 0.756 bits per heavy atom. The molecule has 3 heterocycles. The molecule has 0 saturated carbocycles. The van der Waals surface area contributed by atoms with Crippen LogP contribution in [0.2, 0.25) is 25.1 Å². The van der Waals surface area contributed by atoms with E-state index < -0.39 is 59.9 Å². The zero-order chi connectivity index (χ0) is 88.5. The van der Waals surface area contributed by atoms with E-state index in [4.69, 9.17) is 86.4 Å². The van der Waals surface area contributed by atoms with Crippen LogP contribution in [0.25, 0.3) is 0 Å². The fraction of sp³-hybridized carbons (Fsp3) is 0.534. The predicted octanol–water partition coefficient (Wildman–Crippen LogP) is 12.9. The lowest BCUT2D eigenvalue weighted by molar-refractivity contribution is -0.139. The monoisotopic (exact) mass is 1860 g/mol. The van der Waals surface area contributed by atoms with Gasteiger partial charge in [-0.3, -0.25) is 19.2 Å². The van der Waals surface area contributed by atoms with Crippen LogP contribution in [0.15, 0.2) is 124 Å². The van der Waals surface area contributed by atoms with Crippen LogP contribution in [-0.4, -0.2) is 233 Å². The number of halogens is 5. The maximum atomic E-state index is 13.6. The second kappa shape index (κ2) is 50.4. The van der Waals surface area contributed by atoms with E-state index in [-0.39, 0.29) is 175 Å². The Hall–Kier alpha value is -6.31. The molecule has 0 aromatic heterocycles. The molecule has 0 bridgehead atoms. The van der Waals surface area contributed by atoms with Gasteiger partial charge in [-0.05, 0) is 202 Å². The molecule has 9 rings (SSSR count). The van der Waals surface area contributed by atoms with Gasteiger partial charge in [0.1, 0.15) is 11.6 Å². The summed E-state index contributed by atoms with van der Waals surface area (Å²) in [5.74, 6) is -1.87. The topological polar surface area (TPSA) is 345 Å². The van der Waals surface area contributed by atoms with E-state index in [0.717, 1.165) is 55.6 Å². The number of rotatable bonds is 56. The smallest absolute Gasteiger partial charge is 0.314 e. The zero-order valence-electron chi connectivity index (χ0n) is 70.5. The van der Waals surface area contributed by atoms with Crippen molar-refractivity contribution in [2.45, 2.75) is 167 Å². The number of Topliss-reactive ketones (excluding diaryl/α,β-unsaturated/α-hetero) is 2. The molecule has 4 atom stereocenters. The number of carboxylic acids is 1. The average Bonchev–Trinajstić information content (AvgIpc) is 0.780. The summed E-state index contributed by atoms with van der Waals surface area (Å²) in [5, 5.41) is 21.2. The summed E-state index contributed by atoms with van der Waals surface area (Å²) in [6, 6.07) is 31.5. The van der Waals surface area contributed by atoms with Crippen molar-refractivity contribution < 1.29 is 82.8 Å². The van der Waals surface area contributed by atoms with Gasteiger partial charge in [0.15, 0.2) is 0 Å². The van der Waals surface area contributed by atoms with Gasteiger partial charge >= 0.3 is 12.0 Å². The Kier molecular flexibility index (Phi) is 41.2. The average molecular weight is 1860 g/mol. The Morgan fingerprint density at radius 1 is 0.407 bits per heavy atom. The lowest BCUT2D eigenvalue weighted by Gasteiger charge is -2.36. The van der Waals surface area contributed by atoms with Crippen LogP contribution < -0.4 is 30.1 Å². The number of urea groups is 1. The summed E-state index contributed by atoms with van der Waals surface area (Å²) in [6.07, 6.45) is 5.06. The lowest BCUT2D eigenvalue weighted by Crippen LogP contribution is -2.49. The number of ketones is 2. The molecular weight excluding hydrogens is 1740 g/mol. The van der Waals surface area contributed by atoms with E-state index in [9.17, 15) is 54.3 Å². The molecule has 0 radical (unpaired) electrons. The van der Waals surface area contributed by atoms with Crippen LogP contribution in [0.3, 0.4) is 0 Å². The number of aliphatic carboxylic acids is 1. The highest BCUT2D eigenvalue weighted by atomic mass is 35.5. The van der Waals surface area contributed by atoms with Gasteiger partial charge in [-0.2, -0.15) is 0 Å². The Labute approximate surface area is 749 Å². The molecule has 35 heteroatoms. The molecule has 0 spiro atoms. The fourth-order valence-corrected chi connectivity index (χ4v) is 20.5. The van der Waals surface area contributed by atoms with E-state index in [1.807, 2.05) is 64.5 Å². The molecule has 27 nitrogen and oxygen atoms in total. The third-order valence-corrected chi connectivity index (χ3v) is 27.8. The van der Waals surface area contributed by atoms with E-state index in [1.54, 1.807) is 66.7 Å². The molecule has 3 amide bonds. The van der Waals surface area contributed by atoms with Crippen LogP contribution in [0.4, 0.5) is 4.79 Å². The van der Waals surface area contributed by atoms with E-state index in [1.165, 1.54) is 0 Å². The summed E-state index contributed by atoms with van der Waals surface area (Å²) < 4.78 is 122. The number of carbonyl (C=O) groups is 5. The van der Waals surface area contributed by atoms with E-state index >= 15 is 0 Å². The van der Waals surface area contributed by atoms with Gasteiger partial charge < -0.3 is 64.2 Å². The van der Waals surface area contributed by atoms with Crippen molar-refractivity contribution >= 4 is 118 Å². The second-order valence-electron chi connectivity index (χ2n) is 31.8. The predicted molar refractivity (Wildman–Crippen MR) is 477 cm³/mol. The Morgan fingerprint density at radius 3 is 1.15 bits per heavy atom. The van der Waals surface area contributed by atoms with Gasteiger partial charge in [0, 0.05) is 166 Å². The summed E-state index contributed by atoms with van der Waals surface area (Å²) in [4.78, 5) is 71.6. The summed E-state index contributed by atoms with van der Waals surface area (Å²) in [6.45, 7) is 8.79. The third-order valence-electron chi connectivity index (χ3n) is 21.9. The highest BCUT2D eigenvalue weighted by Gasteiger charge is 2.35. The molecule has 0 aliphatic carbocycles. The molecule has 6 aromatic rings. The molecule has 123 heavy (non-hydrogen) atoms. The number of nitrogens with zero attached hydrogens (tertiary/aromatic N) is 3. The highest BCUT2D eigenvalue weighted by molar-refractivity contribution is 7.90. The molecule has 676 valence electrons. The quantitative estimate of drug-likeness (QED) is 0.0174. The van der Waals surface area contributed by atoms with Gasteiger partial charge in [-0.25, -0.2) is 44.2 Å². The van der Waals surface area contributed by atoms with Crippen molar-refractivity contribution in [3.63, 3.8) is 0 Å². The molecule has 1 unspecified atom stereocenters. The van der Waals surface area contributed by atoms with Gasteiger partial charge in [0.05, 0.1) is 87.2 Å². The Balaban J connectivity index is 0.672. The normalized spacial score (nSPS) is 16.3. The number of nitrogens with one attached hydrogen (secondary N) is 6. The maximum absolute atomic E-state index is 13.6. The summed E-state index contributed by atoms with van der Waals surface area (Å²) in [7, 11) is -5.61. The number of amides is 3. The van der Waals surface area contributed by atoms with Crippen molar-refractivity contribution in [1.29, 1.82) is 0 Å². The van der Waals surface area contributed by atoms with Crippen LogP contribution in [0.1, 0.15) is 176 Å². The standard InChI is InChI=1S/C88H118Cl5N9O18S3/c1-62-47-73-76(56-100(2)59-79(73)82(91)48-62)63-15-9-22-70(49-63)121(109,110)96-32-38-118-43-41-115-35-12-20-68(103)18-5-7-27-88(99-85(105)25-26-86(106)107,28-8-6-19-69(104)21-13-36-116-42-44-119-39-33-97-122(111,112)71-23-10-16-64(50-71)77-57-101(3)60-80-74(77)52-66(89)54-83(80)92)29-14-30-94-87(108)95-31-37-117-45-46-120-40-34-98-123(113,114)72-24-11-17-65(51-72)78-58-102(4)61-81-75(78)53-67(90)55-84(81)93/h9-11,15-17,22-24,47-55,76-78,96-98H,5-8,12-14,18-21,25-46,56-61H2,1-4H3,(H,99,105)(H,106,107)(H2,94,95,108)/t76-,77-,78-,88?/m0/s1. The molecule has 6 aromatic carbocycles. The van der Waals surface area contributed by atoms with Gasteiger partial charge in [-0.1, -0.05) is 113 Å². The van der Waals surface area contributed by atoms with Crippen LogP contribution in [-0.2, 0) is 97.3 Å². The number of ether oxygens (including phenoxy) is 6. The number of carbonyl (C=O) groups excluding carboxylic acids is 4. The fourth-order valence-electron chi connectivity index (χ4n) is 15.9. The minimum atomic E-state index is -3.88. The number of hydrogen-bond donors (Lipinski definition) is 7. The van der Waals surface area contributed by atoms with Crippen LogP contribution >= 0.6 is 58.0 Å². The van der Waals surface area contributed by atoms with Crippen molar-refractivity contribution in [2.24, 2.45) is 0 Å².